The average Bonchev–Trinajstić information content (AvgIpc) is 3.19. The number of benzene rings is 2. The Labute approximate surface area is 172 Å². The van der Waals surface area contributed by atoms with E-state index in [2.05, 4.69) is 10.3 Å². The highest BCUT2D eigenvalue weighted by atomic mass is 19.1. The molecule has 1 atom stereocenters. The summed E-state index contributed by atoms with van der Waals surface area (Å²) in [6.45, 7) is 3.73. The summed E-state index contributed by atoms with van der Waals surface area (Å²) in [6.07, 6.45) is 0. The van der Waals surface area contributed by atoms with Crippen LogP contribution in [0.5, 0.6) is 0 Å². The van der Waals surface area contributed by atoms with E-state index in [1.54, 1.807) is 11.8 Å². The number of para-hydroxylation sites is 1. The molecule has 156 valence electrons. The number of H-pyrrole nitrogens is 1. The summed E-state index contributed by atoms with van der Waals surface area (Å²) in [6, 6.07) is 12.1. The van der Waals surface area contributed by atoms with E-state index in [1.807, 2.05) is 35.2 Å². The zero-order valence-corrected chi connectivity index (χ0v) is 16.5. The minimum Gasteiger partial charge on any atom is -0.351 e. The minimum absolute atomic E-state index is 0.0547. The van der Waals surface area contributed by atoms with E-state index >= 15 is 0 Å². The topological polar surface area (TPSA) is 68.4 Å². The Balaban J connectivity index is 1.35. The highest BCUT2D eigenvalue weighted by molar-refractivity contribution is 5.98. The first-order chi connectivity index (χ1) is 14.4. The second-order valence-electron chi connectivity index (χ2n) is 7.39. The molecule has 3 aromatic rings. The van der Waals surface area contributed by atoms with Crippen molar-refractivity contribution in [3.63, 3.8) is 0 Å². The molecule has 1 unspecified atom stereocenters. The standard InChI is InChI=1S/C22H22F2N4O2/c1-14(21(29)26-19-7-6-16(23)13-17(19)24)27-8-10-28(11-9-27)22(30)20-12-15-4-2-3-5-18(15)25-20/h2-7,12-14,25H,8-11H2,1H3,(H,26,29). The summed E-state index contributed by atoms with van der Waals surface area (Å²) in [5, 5.41) is 3.49. The van der Waals surface area contributed by atoms with Crippen molar-refractivity contribution in [1.29, 1.82) is 0 Å². The van der Waals surface area contributed by atoms with Crippen LogP contribution >= 0.6 is 0 Å². The largest absolute Gasteiger partial charge is 0.351 e. The number of aromatic amines is 1. The van der Waals surface area contributed by atoms with Gasteiger partial charge in [-0.05, 0) is 31.2 Å². The Morgan fingerprint density at radius 1 is 1.03 bits per heavy atom. The number of nitrogens with zero attached hydrogens (tertiary/aromatic N) is 2. The Bertz CT molecular complexity index is 1060. The molecular weight excluding hydrogens is 390 g/mol. The zero-order valence-electron chi connectivity index (χ0n) is 16.5. The van der Waals surface area contributed by atoms with Gasteiger partial charge in [0.15, 0.2) is 0 Å². The van der Waals surface area contributed by atoms with Gasteiger partial charge in [-0.15, -0.1) is 0 Å². The fourth-order valence-corrected chi connectivity index (χ4v) is 3.67. The molecule has 1 aliphatic rings. The van der Waals surface area contributed by atoms with Crippen molar-refractivity contribution in [1.82, 2.24) is 14.8 Å². The van der Waals surface area contributed by atoms with Crippen LogP contribution < -0.4 is 5.32 Å². The van der Waals surface area contributed by atoms with E-state index in [9.17, 15) is 18.4 Å². The fourth-order valence-electron chi connectivity index (χ4n) is 3.67. The molecule has 6 nitrogen and oxygen atoms in total. The zero-order chi connectivity index (χ0) is 21.3. The quantitative estimate of drug-likeness (QED) is 0.691. The van der Waals surface area contributed by atoms with Crippen molar-refractivity contribution in [3.8, 4) is 0 Å². The molecule has 0 saturated carbocycles. The van der Waals surface area contributed by atoms with E-state index in [4.69, 9.17) is 0 Å². The highest BCUT2D eigenvalue weighted by Gasteiger charge is 2.28. The number of carbonyl (C=O) groups excluding carboxylic acids is 2. The summed E-state index contributed by atoms with van der Waals surface area (Å²) in [7, 11) is 0. The Morgan fingerprint density at radius 2 is 1.77 bits per heavy atom. The third kappa shape index (κ3) is 4.04. The lowest BCUT2D eigenvalue weighted by atomic mass is 10.2. The van der Waals surface area contributed by atoms with Gasteiger partial charge in [0.2, 0.25) is 5.91 Å². The lowest BCUT2D eigenvalue weighted by molar-refractivity contribution is -0.121. The van der Waals surface area contributed by atoms with Gasteiger partial charge >= 0.3 is 0 Å². The van der Waals surface area contributed by atoms with Crippen LogP contribution in [0.4, 0.5) is 14.5 Å². The Hall–Kier alpha value is -3.26. The number of nitrogens with one attached hydrogen (secondary N) is 2. The normalized spacial score (nSPS) is 15.9. The molecule has 0 radical (unpaired) electrons. The van der Waals surface area contributed by atoms with Gasteiger partial charge in [-0.25, -0.2) is 8.78 Å². The third-order valence-electron chi connectivity index (χ3n) is 5.48. The molecule has 4 rings (SSSR count). The SMILES string of the molecule is CC(C(=O)Nc1ccc(F)cc1F)N1CCN(C(=O)c2cc3ccccc3[nH]2)CC1. The lowest BCUT2D eigenvalue weighted by Gasteiger charge is -2.37. The molecule has 2 heterocycles. The van der Waals surface area contributed by atoms with Crippen molar-refractivity contribution >= 4 is 28.4 Å². The van der Waals surface area contributed by atoms with Gasteiger partial charge in [-0.2, -0.15) is 0 Å². The van der Waals surface area contributed by atoms with Crippen molar-refractivity contribution < 1.29 is 18.4 Å². The number of anilines is 1. The fraction of sp³-hybridized carbons (Fsp3) is 0.273. The summed E-state index contributed by atoms with van der Waals surface area (Å²) in [5.41, 5.74) is 1.40. The number of fused-ring (bicyclic) bond motifs is 1. The monoisotopic (exact) mass is 412 g/mol. The molecule has 0 spiro atoms. The summed E-state index contributed by atoms with van der Waals surface area (Å²) < 4.78 is 26.8. The maximum atomic E-state index is 13.8. The number of halogens is 2. The third-order valence-corrected chi connectivity index (χ3v) is 5.48. The number of hydrogen-bond acceptors (Lipinski definition) is 3. The van der Waals surface area contributed by atoms with Crippen LogP contribution in [0.25, 0.3) is 10.9 Å². The van der Waals surface area contributed by atoms with Gasteiger partial charge in [0.1, 0.15) is 17.3 Å². The predicted octanol–water partition coefficient (Wildman–Crippen LogP) is 3.23. The molecule has 1 aromatic heterocycles. The molecule has 2 amide bonds. The molecule has 1 saturated heterocycles. The first kappa shape index (κ1) is 20.0. The molecule has 8 heteroatoms. The summed E-state index contributed by atoms with van der Waals surface area (Å²) in [5.74, 6) is -1.97. The highest BCUT2D eigenvalue weighted by Crippen LogP contribution is 2.19. The van der Waals surface area contributed by atoms with E-state index in [1.165, 1.54) is 6.07 Å². The number of hydrogen-bond donors (Lipinski definition) is 2. The molecular formula is C22H22F2N4O2. The first-order valence-electron chi connectivity index (χ1n) is 9.79. The van der Waals surface area contributed by atoms with Crippen LogP contribution in [-0.2, 0) is 4.79 Å². The van der Waals surface area contributed by atoms with Crippen LogP contribution in [0, 0.1) is 11.6 Å². The molecule has 0 bridgehead atoms. The molecule has 1 fully saturated rings. The molecule has 0 aliphatic carbocycles. The second-order valence-corrected chi connectivity index (χ2v) is 7.39. The number of piperazine rings is 1. The van der Waals surface area contributed by atoms with E-state index in [-0.39, 0.29) is 17.5 Å². The molecule has 1 aliphatic heterocycles. The van der Waals surface area contributed by atoms with Crippen molar-refractivity contribution in [2.45, 2.75) is 13.0 Å². The number of aromatic nitrogens is 1. The maximum Gasteiger partial charge on any atom is 0.270 e. The smallest absolute Gasteiger partial charge is 0.270 e. The lowest BCUT2D eigenvalue weighted by Crippen LogP contribution is -2.54. The van der Waals surface area contributed by atoms with Gasteiger partial charge in [-0.1, -0.05) is 18.2 Å². The number of rotatable bonds is 4. The average molecular weight is 412 g/mol. The van der Waals surface area contributed by atoms with E-state index in [0.29, 0.717) is 31.9 Å². The van der Waals surface area contributed by atoms with Gasteiger partial charge in [0.25, 0.3) is 5.91 Å². The maximum absolute atomic E-state index is 13.8. The van der Waals surface area contributed by atoms with Crippen LogP contribution in [0.15, 0.2) is 48.5 Å². The van der Waals surface area contributed by atoms with Crippen molar-refractivity contribution in [2.24, 2.45) is 0 Å². The van der Waals surface area contributed by atoms with Gasteiger partial charge < -0.3 is 15.2 Å². The first-order valence-corrected chi connectivity index (χ1v) is 9.79. The van der Waals surface area contributed by atoms with Crippen LogP contribution in [0.2, 0.25) is 0 Å². The second kappa shape index (κ2) is 8.23. The Kier molecular flexibility index (Phi) is 5.50. The van der Waals surface area contributed by atoms with Crippen molar-refractivity contribution in [2.75, 3.05) is 31.5 Å². The summed E-state index contributed by atoms with van der Waals surface area (Å²) >= 11 is 0. The predicted molar refractivity (Wildman–Crippen MR) is 110 cm³/mol. The Morgan fingerprint density at radius 3 is 2.47 bits per heavy atom. The minimum atomic E-state index is -0.815. The van der Waals surface area contributed by atoms with Crippen LogP contribution in [-0.4, -0.2) is 58.8 Å². The molecule has 30 heavy (non-hydrogen) atoms. The van der Waals surface area contributed by atoms with E-state index < -0.39 is 17.7 Å². The summed E-state index contributed by atoms with van der Waals surface area (Å²) in [4.78, 5) is 32.1. The van der Waals surface area contributed by atoms with Gasteiger partial charge in [0.05, 0.1) is 11.7 Å². The van der Waals surface area contributed by atoms with Crippen LogP contribution in [0.1, 0.15) is 17.4 Å². The number of carbonyl (C=O) groups is 2. The van der Waals surface area contributed by atoms with Gasteiger partial charge in [0, 0.05) is 43.1 Å². The number of amides is 2. The molecule has 2 aromatic carbocycles. The van der Waals surface area contributed by atoms with Gasteiger partial charge in [-0.3, -0.25) is 14.5 Å². The van der Waals surface area contributed by atoms with E-state index in [0.717, 1.165) is 23.0 Å². The van der Waals surface area contributed by atoms with Crippen LogP contribution in [0.3, 0.4) is 0 Å². The molecule has 2 N–H and O–H groups in total. The van der Waals surface area contributed by atoms with Crippen molar-refractivity contribution in [3.05, 3.63) is 65.9 Å².